The summed E-state index contributed by atoms with van der Waals surface area (Å²) in [6.07, 6.45) is 6.45. The topological polar surface area (TPSA) is 179 Å². The molecule has 294 valence electrons. The van der Waals surface area contributed by atoms with E-state index in [1.54, 1.807) is 43.5 Å². The first-order chi connectivity index (χ1) is 27.5. The van der Waals surface area contributed by atoms with Crippen molar-refractivity contribution in [1.82, 2.24) is 34.5 Å². The summed E-state index contributed by atoms with van der Waals surface area (Å²) in [4.78, 5) is 42.3. The van der Waals surface area contributed by atoms with Crippen LogP contribution >= 0.6 is 0 Å². The number of methoxy groups -OCH3 is 1. The van der Waals surface area contributed by atoms with E-state index in [0.29, 0.717) is 37.0 Å². The van der Waals surface area contributed by atoms with Gasteiger partial charge in [0.05, 0.1) is 24.4 Å². The van der Waals surface area contributed by atoms with E-state index in [4.69, 9.17) is 9.47 Å². The van der Waals surface area contributed by atoms with Gasteiger partial charge in [0.1, 0.15) is 23.9 Å². The largest absolute Gasteiger partial charge is 0.497 e. The molecule has 0 unspecified atom stereocenters. The van der Waals surface area contributed by atoms with E-state index in [9.17, 15) is 22.4 Å². The standard InChI is InChI=1S/C40H38F2N8O6S/c1-24-6-12-31(13-7-24)57(53,54)50-22-33(32-17-27(41)20-45-38(32)50)36-44-21-34(42)37(49-36)47-28-4-3-5-29(18-28)48-39(51)35-16-26(14-15-43-35)23-56-40(52)46-19-25-8-10-30(55-2)11-9-25/h6-17,20-22,28-29H,3-5,18-19,23H2,1-2H3,(H,46,52)(H,48,51)(H,44,47,49)/t28-,29+/m0/s1. The van der Waals surface area contributed by atoms with Crippen LogP contribution in [0, 0.1) is 18.6 Å². The number of pyridine rings is 2. The molecule has 4 aromatic heterocycles. The third-order valence-electron chi connectivity index (χ3n) is 9.51. The van der Waals surface area contributed by atoms with Crippen molar-refractivity contribution < 1.29 is 36.3 Å². The molecule has 1 aliphatic carbocycles. The number of fused-ring (bicyclic) bond motifs is 1. The molecule has 6 aromatic rings. The number of ether oxygens (including phenoxy) is 2. The highest BCUT2D eigenvalue weighted by atomic mass is 32.2. The molecule has 7 rings (SSSR count). The number of nitrogens with one attached hydrogen (secondary N) is 3. The lowest BCUT2D eigenvalue weighted by Gasteiger charge is -2.30. The maximum atomic E-state index is 15.2. The first kappa shape index (κ1) is 38.8. The number of benzene rings is 2. The predicted molar refractivity (Wildman–Crippen MR) is 206 cm³/mol. The van der Waals surface area contributed by atoms with Crippen LogP contribution in [0.4, 0.5) is 19.4 Å². The van der Waals surface area contributed by atoms with Crippen LogP contribution in [0.5, 0.6) is 5.75 Å². The van der Waals surface area contributed by atoms with E-state index in [2.05, 4.69) is 35.9 Å². The van der Waals surface area contributed by atoms with Gasteiger partial charge in [-0.1, -0.05) is 29.8 Å². The number of hydrogen-bond acceptors (Lipinski definition) is 11. The van der Waals surface area contributed by atoms with Crippen molar-refractivity contribution in [2.24, 2.45) is 0 Å². The average molecular weight is 797 g/mol. The molecule has 1 aliphatic rings. The van der Waals surface area contributed by atoms with E-state index in [1.807, 2.05) is 19.1 Å². The molecule has 0 radical (unpaired) electrons. The molecular weight excluding hydrogens is 759 g/mol. The average Bonchev–Trinajstić information content (AvgIpc) is 3.60. The first-order valence-corrected chi connectivity index (χ1v) is 19.5. The van der Waals surface area contributed by atoms with Gasteiger partial charge in [0.15, 0.2) is 23.1 Å². The minimum absolute atomic E-state index is 0.00283. The fraction of sp³-hybridized carbons (Fsp3) is 0.250. The molecule has 2 aromatic carbocycles. The van der Waals surface area contributed by atoms with E-state index in [-0.39, 0.29) is 64.1 Å². The van der Waals surface area contributed by atoms with Crippen molar-refractivity contribution in [1.29, 1.82) is 0 Å². The van der Waals surface area contributed by atoms with Crippen molar-refractivity contribution in [3.05, 3.63) is 126 Å². The summed E-state index contributed by atoms with van der Waals surface area (Å²) >= 11 is 0. The smallest absolute Gasteiger partial charge is 0.407 e. The van der Waals surface area contributed by atoms with Gasteiger partial charge in [0.2, 0.25) is 0 Å². The molecule has 17 heteroatoms. The normalized spacial score (nSPS) is 15.5. The summed E-state index contributed by atoms with van der Waals surface area (Å²) in [5.41, 5.74) is 2.55. The Hall–Kier alpha value is -6.49. The monoisotopic (exact) mass is 796 g/mol. The minimum Gasteiger partial charge on any atom is -0.497 e. The van der Waals surface area contributed by atoms with Crippen LogP contribution < -0.4 is 20.7 Å². The van der Waals surface area contributed by atoms with Crippen LogP contribution in [0.3, 0.4) is 0 Å². The van der Waals surface area contributed by atoms with Gasteiger partial charge < -0.3 is 25.4 Å². The number of nitrogens with zero attached hydrogens (tertiary/aromatic N) is 5. The zero-order valence-corrected chi connectivity index (χ0v) is 31.7. The van der Waals surface area contributed by atoms with Gasteiger partial charge in [-0.2, -0.15) is 0 Å². The Bertz CT molecular complexity index is 2530. The van der Waals surface area contributed by atoms with Crippen molar-refractivity contribution >= 4 is 38.9 Å². The number of hydrogen-bond donors (Lipinski definition) is 3. The van der Waals surface area contributed by atoms with E-state index < -0.39 is 33.7 Å². The summed E-state index contributed by atoms with van der Waals surface area (Å²) < 4.78 is 68.5. The summed E-state index contributed by atoms with van der Waals surface area (Å²) in [6, 6.07) is 17.3. The van der Waals surface area contributed by atoms with Crippen LogP contribution in [0.25, 0.3) is 22.4 Å². The lowest BCUT2D eigenvalue weighted by atomic mass is 9.91. The van der Waals surface area contributed by atoms with Crippen LogP contribution in [0.1, 0.15) is 52.9 Å². The Kier molecular flexibility index (Phi) is 11.4. The van der Waals surface area contributed by atoms with Crippen molar-refractivity contribution in [2.75, 3.05) is 12.4 Å². The Balaban J connectivity index is 0.996. The van der Waals surface area contributed by atoms with Crippen molar-refractivity contribution in [3.63, 3.8) is 0 Å². The molecule has 2 amide bonds. The number of amides is 2. The third kappa shape index (κ3) is 8.99. The lowest BCUT2D eigenvalue weighted by molar-refractivity contribution is 0.0921. The lowest BCUT2D eigenvalue weighted by Crippen LogP contribution is -2.42. The molecule has 57 heavy (non-hydrogen) atoms. The summed E-state index contributed by atoms with van der Waals surface area (Å²) in [5.74, 6) is -1.34. The van der Waals surface area contributed by atoms with Crippen LogP contribution in [0.2, 0.25) is 0 Å². The van der Waals surface area contributed by atoms with Gasteiger partial charge in [-0.15, -0.1) is 0 Å². The Morgan fingerprint density at radius 3 is 2.47 bits per heavy atom. The number of alkyl carbamates (subject to hydrolysis) is 1. The summed E-state index contributed by atoms with van der Waals surface area (Å²) in [7, 11) is -2.58. The second kappa shape index (κ2) is 16.7. The van der Waals surface area contributed by atoms with Crippen LogP contribution in [-0.4, -0.2) is 63.5 Å². The van der Waals surface area contributed by atoms with Crippen molar-refractivity contribution in [3.8, 4) is 17.1 Å². The van der Waals surface area contributed by atoms with Gasteiger partial charge in [-0.3, -0.25) is 9.78 Å². The van der Waals surface area contributed by atoms with E-state index in [1.165, 1.54) is 24.5 Å². The minimum atomic E-state index is -4.16. The Morgan fingerprint density at radius 1 is 0.930 bits per heavy atom. The maximum absolute atomic E-state index is 15.2. The number of aromatic nitrogens is 5. The van der Waals surface area contributed by atoms with E-state index >= 15 is 4.39 Å². The second-order valence-corrected chi connectivity index (χ2v) is 15.4. The Labute approximate surface area is 326 Å². The molecule has 0 bridgehead atoms. The Morgan fingerprint density at radius 2 is 1.70 bits per heavy atom. The molecular formula is C40H38F2N8O6S. The molecule has 4 heterocycles. The van der Waals surface area contributed by atoms with Gasteiger partial charge in [-0.25, -0.2) is 40.9 Å². The maximum Gasteiger partial charge on any atom is 0.407 e. The summed E-state index contributed by atoms with van der Waals surface area (Å²) in [6.45, 7) is 2.02. The molecule has 0 aliphatic heterocycles. The number of carbonyl (C=O) groups excluding carboxylic acids is 2. The number of rotatable bonds is 12. The SMILES string of the molecule is COc1ccc(CNC(=O)OCc2ccnc(C(=O)N[C@@H]3CCC[C@H](Nc4nc(-c5cn(S(=O)(=O)c6ccc(C)cc6)c6ncc(F)cc56)ncc4F)C3)c2)cc1. The third-order valence-corrected chi connectivity index (χ3v) is 11.2. The quantitative estimate of drug-likeness (QED) is 0.127. The van der Waals surface area contributed by atoms with E-state index in [0.717, 1.165) is 33.6 Å². The van der Waals surface area contributed by atoms with Gasteiger partial charge >= 0.3 is 6.09 Å². The van der Waals surface area contributed by atoms with Crippen LogP contribution in [0.15, 0.2) is 96.4 Å². The molecule has 0 saturated heterocycles. The number of halogens is 2. The molecule has 0 spiro atoms. The molecule has 2 atom stereocenters. The molecule has 14 nitrogen and oxygen atoms in total. The highest BCUT2D eigenvalue weighted by Crippen LogP contribution is 2.32. The number of aryl methyl sites for hydroxylation is 1. The zero-order valence-electron chi connectivity index (χ0n) is 30.9. The number of carbonyl (C=O) groups is 2. The fourth-order valence-corrected chi connectivity index (χ4v) is 7.87. The molecule has 3 N–H and O–H groups in total. The van der Waals surface area contributed by atoms with Crippen LogP contribution in [-0.2, 0) is 27.9 Å². The second-order valence-electron chi connectivity index (χ2n) is 13.6. The zero-order chi connectivity index (χ0) is 40.1. The number of anilines is 1. The predicted octanol–water partition coefficient (Wildman–Crippen LogP) is 6.30. The fourth-order valence-electron chi connectivity index (χ4n) is 6.55. The summed E-state index contributed by atoms with van der Waals surface area (Å²) in [5, 5.41) is 8.93. The highest BCUT2D eigenvalue weighted by molar-refractivity contribution is 7.90. The molecule has 1 saturated carbocycles. The molecule has 1 fully saturated rings. The van der Waals surface area contributed by atoms with Gasteiger partial charge in [-0.05, 0) is 86.2 Å². The van der Waals surface area contributed by atoms with Crippen molar-refractivity contribution in [2.45, 2.75) is 62.7 Å². The first-order valence-electron chi connectivity index (χ1n) is 18.0. The van der Waals surface area contributed by atoms with Gasteiger partial charge in [0, 0.05) is 42.0 Å². The highest BCUT2D eigenvalue weighted by Gasteiger charge is 2.27. The van der Waals surface area contributed by atoms with Gasteiger partial charge in [0.25, 0.3) is 15.9 Å².